The molecule has 2 aromatic rings. The summed E-state index contributed by atoms with van der Waals surface area (Å²) in [6, 6.07) is 16.9. The summed E-state index contributed by atoms with van der Waals surface area (Å²) >= 11 is 0. The molecule has 2 aromatic carbocycles. The van der Waals surface area contributed by atoms with Crippen molar-refractivity contribution in [3.63, 3.8) is 0 Å². The molecule has 0 aliphatic carbocycles. The normalized spacial score (nSPS) is 21.6. The average molecular weight is 570 g/mol. The lowest BCUT2D eigenvalue weighted by atomic mass is 9.80. The second-order valence-electron chi connectivity index (χ2n) is 10.3. The van der Waals surface area contributed by atoms with Gasteiger partial charge in [0.05, 0.1) is 25.6 Å². The monoisotopic (exact) mass is 569 g/mol. The molecular formula is C30H35NO10. The number of carboxylic acid groups (broad SMARTS) is 3. The quantitative estimate of drug-likeness (QED) is 0.252. The molecule has 0 saturated carbocycles. The highest BCUT2D eigenvalue weighted by Gasteiger charge is 2.48. The topological polar surface area (TPSA) is 174 Å². The molecule has 2 heterocycles. The molecule has 4 rings (SSSR count). The van der Waals surface area contributed by atoms with E-state index >= 15 is 0 Å². The number of nitrogens with zero attached hydrogens (tertiary/aromatic N) is 1. The first-order chi connectivity index (χ1) is 19.4. The summed E-state index contributed by atoms with van der Waals surface area (Å²) in [5, 5.41) is 45.2. The molecule has 2 unspecified atom stereocenters. The van der Waals surface area contributed by atoms with Gasteiger partial charge in [-0.3, -0.25) is 14.5 Å². The molecule has 0 spiro atoms. The minimum Gasteiger partial charge on any atom is -0.497 e. The van der Waals surface area contributed by atoms with E-state index in [1.165, 1.54) is 5.56 Å². The van der Waals surface area contributed by atoms with Gasteiger partial charge in [-0.05, 0) is 61.1 Å². The molecule has 0 amide bonds. The van der Waals surface area contributed by atoms with Gasteiger partial charge in [0.25, 0.3) is 0 Å². The van der Waals surface area contributed by atoms with E-state index in [-0.39, 0.29) is 0 Å². The van der Waals surface area contributed by atoms with Crippen LogP contribution in [0.25, 0.3) is 0 Å². The number of carboxylic acids is 3. The minimum atomic E-state index is -2.74. The van der Waals surface area contributed by atoms with Crippen LogP contribution in [0.5, 0.6) is 11.5 Å². The van der Waals surface area contributed by atoms with Crippen LogP contribution >= 0.6 is 0 Å². The molecule has 220 valence electrons. The van der Waals surface area contributed by atoms with Crippen molar-refractivity contribution >= 4 is 17.9 Å². The molecule has 2 aliphatic rings. The Morgan fingerprint density at radius 1 is 0.951 bits per heavy atom. The third-order valence-corrected chi connectivity index (χ3v) is 7.44. The highest BCUT2D eigenvalue weighted by molar-refractivity contribution is 5.88. The van der Waals surface area contributed by atoms with Crippen LogP contribution in [0.2, 0.25) is 0 Å². The summed E-state index contributed by atoms with van der Waals surface area (Å²) in [7, 11) is 1.66. The maximum atomic E-state index is 11.4. The Hall–Kier alpha value is -4.11. The van der Waals surface area contributed by atoms with E-state index in [1.54, 1.807) is 7.11 Å². The standard InChI is InChI=1S/C24H27NO3.C6H8O7/c1-3-14-28-23-10-4-18(5-11-23)17-25-20-8-9-21(25)16-24(26,15-20)19-6-12-22(27-2)13-7-19;7-3(8)1-6(13,5(11)12)2-4(9)10/h1,4-7,10-13,20-21,26H,8-9,14-17H2,2H3;13H,1-2H2,(H,7,8)(H,9,10)(H,11,12). The van der Waals surface area contributed by atoms with E-state index in [0.29, 0.717) is 18.7 Å². The molecule has 2 fully saturated rings. The van der Waals surface area contributed by atoms with Crippen LogP contribution in [0.3, 0.4) is 0 Å². The molecule has 11 nitrogen and oxygen atoms in total. The van der Waals surface area contributed by atoms with Crippen LogP contribution in [0, 0.1) is 12.3 Å². The lowest BCUT2D eigenvalue weighted by molar-refractivity contribution is -0.170. The van der Waals surface area contributed by atoms with Gasteiger partial charge in [0.1, 0.15) is 18.1 Å². The molecule has 5 N–H and O–H groups in total. The highest BCUT2D eigenvalue weighted by Crippen LogP contribution is 2.46. The van der Waals surface area contributed by atoms with E-state index < -0.39 is 42.0 Å². The predicted octanol–water partition coefficient (Wildman–Crippen LogP) is 2.47. The van der Waals surface area contributed by atoms with Crippen molar-refractivity contribution in [1.82, 2.24) is 4.90 Å². The fourth-order valence-corrected chi connectivity index (χ4v) is 5.45. The van der Waals surface area contributed by atoms with Gasteiger partial charge in [-0.25, -0.2) is 4.79 Å². The summed E-state index contributed by atoms with van der Waals surface area (Å²) in [6.45, 7) is 1.20. The molecule has 11 heteroatoms. The summed E-state index contributed by atoms with van der Waals surface area (Å²) in [4.78, 5) is 33.0. The second-order valence-corrected chi connectivity index (χ2v) is 10.3. The van der Waals surface area contributed by atoms with E-state index in [4.69, 9.17) is 36.3 Å². The Morgan fingerprint density at radius 2 is 1.46 bits per heavy atom. The molecule has 0 aromatic heterocycles. The van der Waals surface area contributed by atoms with E-state index in [0.717, 1.165) is 49.3 Å². The van der Waals surface area contributed by atoms with Gasteiger partial charge in [-0.15, -0.1) is 6.42 Å². The number of hydrogen-bond donors (Lipinski definition) is 5. The summed E-state index contributed by atoms with van der Waals surface area (Å²) in [5.41, 5.74) is -1.22. The number of aliphatic carboxylic acids is 3. The minimum absolute atomic E-state index is 0.291. The van der Waals surface area contributed by atoms with Gasteiger partial charge in [-0.1, -0.05) is 30.2 Å². The Morgan fingerprint density at radius 3 is 1.90 bits per heavy atom. The number of methoxy groups -OCH3 is 1. The van der Waals surface area contributed by atoms with Crippen molar-refractivity contribution in [1.29, 1.82) is 0 Å². The summed E-state index contributed by atoms with van der Waals surface area (Å²) in [5.74, 6) is -0.912. The fraction of sp³-hybridized carbons (Fsp3) is 0.433. The molecule has 2 atom stereocenters. The number of rotatable bonds is 11. The van der Waals surface area contributed by atoms with Gasteiger partial charge in [0.2, 0.25) is 0 Å². The number of benzene rings is 2. The summed E-state index contributed by atoms with van der Waals surface area (Å²) in [6.07, 6.45) is 6.79. The average Bonchev–Trinajstić information content (AvgIpc) is 3.16. The van der Waals surface area contributed by atoms with Gasteiger partial charge in [-0.2, -0.15) is 0 Å². The first-order valence-corrected chi connectivity index (χ1v) is 13.1. The van der Waals surface area contributed by atoms with Crippen molar-refractivity contribution in [2.24, 2.45) is 0 Å². The van der Waals surface area contributed by atoms with Crippen molar-refractivity contribution in [3.8, 4) is 23.8 Å². The number of ether oxygens (including phenoxy) is 2. The van der Waals surface area contributed by atoms with Crippen molar-refractivity contribution in [2.75, 3.05) is 13.7 Å². The first-order valence-electron chi connectivity index (χ1n) is 13.1. The molecule has 41 heavy (non-hydrogen) atoms. The molecule has 2 aliphatic heterocycles. The van der Waals surface area contributed by atoms with Gasteiger partial charge in [0, 0.05) is 18.6 Å². The lowest BCUT2D eigenvalue weighted by Crippen LogP contribution is -2.49. The maximum Gasteiger partial charge on any atom is 0.336 e. The molecule has 2 bridgehead atoms. The maximum absolute atomic E-state index is 11.4. The summed E-state index contributed by atoms with van der Waals surface area (Å²) < 4.78 is 10.7. The van der Waals surface area contributed by atoms with Crippen LogP contribution < -0.4 is 9.47 Å². The molecule has 2 saturated heterocycles. The number of aliphatic hydroxyl groups is 2. The zero-order valence-corrected chi connectivity index (χ0v) is 22.7. The third-order valence-electron chi connectivity index (χ3n) is 7.44. The Labute approximate surface area is 237 Å². The number of carbonyl (C=O) groups is 3. The third kappa shape index (κ3) is 8.20. The first kappa shape index (κ1) is 31.4. The van der Waals surface area contributed by atoms with Crippen LogP contribution in [-0.4, -0.2) is 79.7 Å². The van der Waals surface area contributed by atoms with Crippen LogP contribution in [0.15, 0.2) is 48.5 Å². The number of fused-ring (bicyclic) bond motifs is 2. The van der Waals surface area contributed by atoms with Crippen LogP contribution in [-0.2, 0) is 26.5 Å². The van der Waals surface area contributed by atoms with E-state index in [9.17, 15) is 19.5 Å². The smallest absolute Gasteiger partial charge is 0.336 e. The Kier molecular flexibility index (Phi) is 10.3. The van der Waals surface area contributed by atoms with Crippen molar-refractivity contribution < 1.29 is 49.4 Å². The zero-order chi connectivity index (χ0) is 30.2. The Balaban J connectivity index is 0.000000302. The zero-order valence-electron chi connectivity index (χ0n) is 22.7. The molecule has 0 radical (unpaired) electrons. The number of terminal acetylenes is 1. The predicted molar refractivity (Wildman–Crippen MR) is 146 cm³/mol. The largest absolute Gasteiger partial charge is 0.497 e. The van der Waals surface area contributed by atoms with Crippen LogP contribution in [0.1, 0.15) is 49.7 Å². The fourth-order valence-electron chi connectivity index (χ4n) is 5.45. The number of hydrogen-bond acceptors (Lipinski definition) is 8. The van der Waals surface area contributed by atoms with Gasteiger partial charge >= 0.3 is 17.9 Å². The van der Waals surface area contributed by atoms with Gasteiger partial charge < -0.3 is 35.0 Å². The Bertz CT molecular complexity index is 1220. The van der Waals surface area contributed by atoms with Crippen molar-refractivity contribution in [2.45, 2.75) is 68.4 Å². The van der Waals surface area contributed by atoms with Crippen molar-refractivity contribution in [3.05, 3.63) is 59.7 Å². The SMILES string of the molecule is C#CCOc1ccc(CN2C3CCC2CC(O)(c2ccc(OC)cc2)C3)cc1.O=C(O)CC(O)(CC(=O)O)C(=O)O. The second kappa shape index (κ2) is 13.5. The van der Waals surface area contributed by atoms with Crippen LogP contribution in [0.4, 0.5) is 0 Å². The van der Waals surface area contributed by atoms with E-state index in [1.807, 2.05) is 36.4 Å². The molecular weight excluding hydrogens is 534 g/mol. The highest BCUT2D eigenvalue weighted by atomic mass is 16.5. The lowest BCUT2D eigenvalue weighted by Gasteiger charge is -2.44. The number of piperidine rings is 1. The van der Waals surface area contributed by atoms with E-state index in [2.05, 4.69) is 23.0 Å². The van der Waals surface area contributed by atoms with Gasteiger partial charge in [0.15, 0.2) is 5.60 Å².